The lowest BCUT2D eigenvalue weighted by Crippen LogP contribution is -2.31. The van der Waals surface area contributed by atoms with E-state index in [1.165, 1.54) is 18.2 Å². The number of carbonyl (C=O) groups is 1. The molecule has 7 heteroatoms. The van der Waals surface area contributed by atoms with Gasteiger partial charge in [-0.2, -0.15) is 11.8 Å². The maximum atomic E-state index is 11.8. The van der Waals surface area contributed by atoms with Crippen molar-refractivity contribution in [3.8, 4) is 0 Å². The summed E-state index contributed by atoms with van der Waals surface area (Å²) in [6.07, 6.45) is -0.124. The van der Waals surface area contributed by atoms with Crippen LogP contribution in [0.4, 0.5) is 0 Å². The lowest BCUT2D eigenvalue weighted by molar-refractivity contribution is 0.0370. The molecule has 1 saturated heterocycles. The van der Waals surface area contributed by atoms with E-state index in [0.29, 0.717) is 0 Å². The molecule has 17 heavy (non-hydrogen) atoms. The van der Waals surface area contributed by atoms with E-state index in [2.05, 4.69) is 0 Å². The number of benzene rings is 1. The molecule has 2 N–H and O–H groups in total. The normalized spacial score (nSPS) is 16.3. The number of esters is 1. The van der Waals surface area contributed by atoms with Crippen LogP contribution in [0.2, 0.25) is 0 Å². The van der Waals surface area contributed by atoms with Crippen molar-refractivity contribution >= 4 is 27.8 Å². The van der Waals surface area contributed by atoms with Gasteiger partial charge in [0.15, 0.2) is 0 Å². The van der Waals surface area contributed by atoms with Gasteiger partial charge in [-0.25, -0.2) is 18.4 Å². The van der Waals surface area contributed by atoms with Crippen molar-refractivity contribution in [2.75, 3.05) is 11.5 Å². The first-order chi connectivity index (χ1) is 7.98. The zero-order chi connectivity index (χ0) is 12.5. The van der Waals surface area contributed by atoms with Gasteiger partial charge in [-0.1, -0.05) is 12.1 Å². The molecule has 0 atom stereocenters. The predicted octanol–water partition coefficient (Wildman–Crippen LogP) is 0.606. The van der Waals surface area contributed by atoms with Crippen LogP contribution in [-0.2, 0) is 14.8 Å². The van der Waals surface area contributed by atoms with Gasteiger partial charge in [-0.15, -0.1) is 0 Å². The first kappa shape index (κ1) is 12.4. The maximum Gasteiger partial charge on any atom is 0.339 e. The Bertz CT molecular complexity index is 537. The van der Waals surface area contributed by atoms with Crippen molar-refractivity contribution in [1.82, 2.24) is 0 Å². The summed E-state index contributed by atoms with van der Waals surface area (Å²) in [4.78, 5) is 11.6. The first-order valence-corrected chi connectivity index (χ1v) is 7.59. The molecule has 0 radical (unpaired) electrons. The molecule has 92 valence electrons. The van der Waals surface area contributed by atoms with Gasteiger partial charge < -0.3 is 4.74 Å². The second-order valence-electron chi connectivity index (χ2n) is 3.61. The highest BCUT2D eigenvalue weighted by Gasteiger charge is 2.26. The van der Waals surface area contributed by atoms with Crippen molar-refractivity contribution in [3.63, 3.8) is 0 Å². The average Bonchev–Trinajstić information content (AvgIpc) is 2.22. The zero-order valence-electron chi connectivity index (χ0n) is 8.83. The van der Waals surface area contributed by atoms with Gasteiger partial charge >= 0.3 is 5.97 Å². The number of nitrogens with two attached hydrogens (primary N) is 1. The van der Waals surface area contributed by atoms with E-state index in [4.69, 9.17) is 9.88 Å². The van der Waals surface area contributed by atoms with Gasteiger partial charge in [0.25, 0.3) is 0 Å². The van der Waals surface area contributed by atoms with E-state index >= 15 is 0 Å². The molecule has 0 spiro atoms. The molecule has 1 fully saturated rings. The van der Waals surface area contributed by atoms with Crippen LogP contribution in [0, 0.1) is 0 Å². The van der Waals surface area contributed by atoms with Crippen molar-refractivity contribution in [2.45, 2.75) is 11.0 Å². The van der Waals surface area contributed by atoms with Crippen LogP contribution in [0.15, 0.2) is 29.2 Å². The summed E-state index contributed by atoms with van der Waals surface area (Å²) in [5.41, 5.74) is -0.00750. The number of hydrogen-bond donors (Lipinski definition) is 1. The molecule has 1 heterocycles. The van der Waals surface area contributed by atoms with Crippen molar-refractivity contribution in [3.05, 3.63) is 29.8 Å². The van der Waals surface area contributed by atoms with E-state index < -0.39 is 16.0 Å². The summed E-state index contributed by atoms with van der Waals surface area (Å²) in [7, 11) is -3.91. The predicted molar refractivity (Wildman–Crippen MR) is 64.3 cm³/mol. The lowest BCUT2D eigenvalue weighted by Gasteiger charge is -2.24. The molecule has 0 bridgehead atoms. The molecular weight excluding hydrogens is 262 g/mol. The molecule has 0 unspecified atom stereocenters. The Hall–Kier alpha value is -1.05. The van der Waals surface area contributed by atoms with Gasteiger partial charge in [0.1, 0.15) is 6.10 Å². The largest absolute Gasteiger partial charge is 0.457 e. The molecule has 0 saturated carbocycles. The third-order valence-electron chi connectivity index (χ3n) is 2.29. The van der Waals surface area contributed by atoms with Crippen LogP contribution >= 0.6 is 11.8 Å². The van der Waals surface area contributed by atoms with Gasteiger partial charge in [0.2, 0.25) is 10.0 Å². The Morgan fingerprint density at radius 2 is 2.00 bits per heavy atom. The van der Waals surface area contributed by atoms with Crippen molar-refractivity contribution in [2.24, 2.45) is 5.14 Å². The minimum absolute atomic E-state index is 0.00750. The summed E-state index contributed by atoms with van der Waals surface area (Å²) in [6.45, 7) is 0. The fraction of sp³-hybridized carbons (Fsp3) is 0.300. The minimum atomic E-state index is -3.91. The molecule has 5 nitrogen and oxygen atoms in total. The fourth-order valence-electron chi connectivity index (χ4n) is 1.38. The Morgan fingerprint density at radius 3 is 2.53 bits per heavy atom. The summed E-state index contributed by atoms with van der Waals surface area (Å²) in [5, 5.41) is 5.03. The van der Waals surface area contributed by atoms with Crippen LogP contribution in [0.25, 0.3) is 0 Å². The minimum Gasteiger partial charge on any atom is -0.457 e. The Morgan fingerprint density at radius 1 is 1.35 bits per heavy atom. The van der Waals surface area contributed by atoms with Gasteiger partial charge in [-0.05, 0) is 12.1 Å². The zero-order valence-corrected chi connectivity index (χ0v) is 10.5. The summed E-state index contributed by atoms with van der Waals surface area (Å²) >= 11 is 1.67. The molecule has 1 aliphatic rings. The maximum absolute atomic E-state index is 11.8. The number of sulfonamides is 1. The first-order valence-electron chi connectivity index (χ1n) is 4.89. The van der Waals surface area contributed by atoms with Crippen LogP contribution < -0.4 is 5.14 Å². The molecule has 1 aromatic carbocycles. The van der Waals surface area contributed by atoms with E-state index in [1.807, 2.05) is 0 Å². The second kappa shape index (κ2) is 4.67. The summed E-state index contributed by atoms with van der Waals surface area (Å²) in [6, 6.07) is 5.77. The number of carbonyl (C=O) groups excluding carboxylic acids is 1. The van der Waals surface area contributed by atoms with Crippen LogP contribution in [0.5, 0.6) is 0 Å². The smallest absolute Gasteiger partial charge is 0.339 e. The molecule has 0 aromatic heterocycles. The third-order valence-corrected chi connectivity index (χ3v) is 4.48. The quantitative estimate of drug-likeness (QED) is 0.815. The Labute approximate surface area is 103 Å². The second-order valence-corrected chi connectivity index (χ2v) is 6.21. The average molecular weight is 273 g/mol. The van der Waals surface area contributed by atoms with Crippen molar-refractivity contribution < 1.29 is 17.9 Å². The number of rotatable bonds is 3. The molecule has 1 aromatic rings. The number of hydrogen-bond acceptors (Lipinski definition) is 5. The lowest BCUT2D eigenvalue weighted by atomic mass is 10.2. The van der Waals surface area contributed by atoms with Gasteiger partial charge in [-0.3, -0.25) is 0 Å². The topological polar surface area (TPSA) is 86.5 Å². The van der Waals surface area contributed by atoms with Crippen LogP contribution in [0.1, 0.15) is 10.4 Å². The van der Waals surface area contributed by atoms with Crippen LogP contribution in [-0.4, -0.2) is 32.0 Å². The highest BCUT2D eigenvalue weighted by molar-refractivity contribution is 8.00. The fourth-order valence-corrected chi connectivity index (χ4v) is 2.67. The Balaban J connectivity index is 2.28. The standard InChI is InChI=1S/C10H11NO4S2/c11-17(13,14)9-4-2-1-3-8(9)10(12)15-7-5-16-6-7/h1-4,7H,5-6H2,(H2,11,13,14). The molecule has 0 aliphatic carbocycles. The molecule has 2 rings (SSSR count). The van der Waals surface area contributed by atoms with E-state index in [1.54, 1.807) is 17.8 Å². The van der Waals surface area contributed by atoms with Gasteiger partial charge in [0.05, 0.1) is 10.5 Å². The molecule has 1 aliphatic heterocycles. The third kappa shape index (κ3) is 2.80. The Kier molecular flexibility index (Phi) is 3.41. The van der Waals surface area contributed by atoms with E-state index in [9.17, 15) is 13.2 Å². The SMILES string of the molecule is NS(=O)(=O)c1ccccc1C(=O)OC1CSC1. The monoisotopic (exact) mass is 273 g/mol. The number of ether oxygens (including phenoxy) is 1. The van der Waals surface area contributed by atoms with Crippen LogP contribution in [0.3, 0.4) is 0 Å². The van der Waals surface area contributed by atoms with E-state index in [0.717, 1.165) is 11.5 Å². The van der Waals surface area contributed by atoms with Crippen molar-refractivity contribution in [1.29, 1.82) is 0 Å². The highest BCUT2D eigenvalue weighted by atomic mass is 32.2. The highest BCUT2D eigenvalue weighted by Crippen LogP contribution is 2.23. The number of primary sulfonamides is 1. The number of thioether (sulfide) groups is 1. The molecular formula is C10H11NO4S2. The van der Waals surface area contributed by atoms with Gasteiger partial charge in [0, 0.05) is 11.5 Å². The summed E-state index contributed by atoms with van der Waals surface area (Å²) < 4.78 is 27.7. The molecule has 0 amide bonds. The van der Waals surface area contributed by atoms with E-state index in [-0.39, 0.29) is 16.6 Å². The summed E-state index contributed by atoms with van der Waals surface area (Å²) in [5.74, 6) is 0.868.